The zero-order valence-electron chi connectivity index (χ0n) is 10.9. The maximum atomic E-state index is 11.9. The minimum absolute atomic E-state index is 0.424. The average Bonchev–Trinajstić information content (AvgIpc) is 2.23. The topological polar surface area (TPSA) is 50.4 Å². The van der Waals surface area contributed by atoms with Crippen LogP contribution in [0, 0.1) is 5.92 Å². The number of hydrogen-bond acceptors (Lipinski definition) is 3. The molecule has 0 aliphatic rings. The van der Waals surface area contributed by atoms with Crippen LogP contribution in [0.1, 0.15) is 20.8 Å². The van der Waals surface area contributed by atoms with Crippen LogP contribution in [0.4, 0.5) is 13.2 Å². The van der Waals surface area contributed by atoms with Crippen LogP contribution >= 0.6 is 0 Å². The van der Waals surface area contributed by atoms with Gasteiger partial charge in [0.25, 0.3) is 0 Å². The summed E-state index contributed by atoms with van der Waals surface area (Å²) in [5, 5.41) is 4.60. The van der Waals surface area contributed by atoms with Crippen LogP contribution in [0.2, 0.25) is 0 Å². The summed E-state index contributed by atoms with van der Waals surface area (Å²) < 4.78 is 40.8. The van der Waals surface area contributed by atoms with Crippen molar-refractivity contribution in [2.24, 2.45) is 5.92 Å². The second-order valence-electron chi connectivity index (χ2n) is 4.48. The molecule has 0 radical (unpaired) electrons. The lowest BCUT2D eigenvalue weighted by atomic mass is 10.2. The molecule has 0 heterocycles. The Hall–Kier alpha value is -0.820. The Morgan fingerprint density at radius 3 is 2.39 bits per heavy atom. The molecule has 0 aliphatic carbocycles. The van der Waals surface area contributed by atoms with Crippen LogP contribution in [0.25, 0.3) is 0 Å². The summed E-state index contributed by atoms with van der Waals surface area (Å²) >= 11 is 0. The van der Waals surface area contributed by atoms with E-state index in [1.165, 1.54) is 6.92 Å². The highest BCUT2D eigenvalue weighted by atomic mass is 19.4. The minimum Gasteiger partial charge on any atom is -0.380 e. The van der Waals surface area contributed by atoms with E-state index >= 15 is 0 Å². The van der Waals surface area contributed by atoms with Crippen molar-refractivity contribution in [2.45, 2.75) is 33.0 Å². The van der Waals surface area contributed by atoms with Crippen molar-refractivity contribution in [3.63, 3.8) is 0 Å². The number of carbonyl (C=O) groups excluding carboxylic acids is 1. The zero-order valence-corrected chi connectivity index (χ0v) is 10.9. The molecule has 4 nitrogen and oxygen atoms in total. The van der Waals surface area contributed by atoms with Gasteiger partial charge in [-0.2, -0.15) is 13.2 Å². The van der Waals surface area contributed by atoms with Crippen molar-refractivity contribution >= 4 is 5.91 Å². The van der Waals surface area contributed by atoms with E-state index in [0.717, 1.165) is 0 Å². The second kappa shape index (κ2) is 8.31. The van der Waals surface area contributed by atoms with E-state index in [4.69, 9.17) is 4.74 Å². The lowest BCUT2D eigenvalue weighted by Crippen LogP contribution is -2.46. The fourth-order valence-electron chi connectivity index (χ4n) is 1.10. The maximum Gasteiger partial charge on any atom is 0.405 e. The van der Waals surface area contributed by atoms with Gasteiger partial charge in [0.05, 0.1) is 12.6 Å². The normalized spacial score (nSPS) is 13.7. The molecular weight excluding hydrogens is 249 g/mol. The predicted molar refractivity (Wildman–Crippen MR) is 62.2 cm³/mol. The molecule has 2 N–H and O–H groups in total. The van der Waals surface area contributed by atoms with Crippen LogP contribution in [-0.4, -0.2) is 44.4 Å². The fourth-order valence-corrected chi connectivity index (χ4v) is 1.10. The molecule has 0 aliphatic heterocycles. The van der Waals surface area contributed by atoms with Gasteiger partial charge >= 0.3 is 6.18 Å². The number of amides is 1. The molecule has 0 aromatic carbocycles. The number of rotatable bonds is 8. The molecule has 1 atom stereocenters. The molecule has 0 rings (SSSR count). The van der Waals surface area contributed by atoms with Gasteiger partial charge in [-0.15, -0.1) is 0 Å². The van der Waals surface area contributed by atoms with Crippen molar-refractivity contribution < 1.29 is 22.7 Å². The van der Waals surface area contributed by atoms with Crippen LogP contribution in [0.5, 0.6) is 0 Å². The number of hydrogen-bond donors (Lipinski definition) is 2. The summed E-state index contributed by atoms with van der Waals surface area (Å²) in [7, 11) is 0. The second-order valence-corrected chi connectivity index (χ2v) is 4.48. The van der Waals surface area contributed by atoms with E-state index in [9.17, 15) is 18.0 Å². The van der Waals surface area contributed by atoms with Gasteiger partial charge in [-0.25, -0.2) is 0 Å². The Labute approximate surface area is 105 Å². The van der Waals surface area contributed by atoms with Crippen LogP contribution < -0.4 is 10.6 Å². The number of nitrogens with one attached hydrogen (secondary N) is 2. The number of ether oxygens (including phenoxy) is 1. The van der Waals surface area contributed by atoms with Gasteiger partial charge in [-0.1, -0.05) is 13.8 Å². The van der Waals surface area contributed by atoms with Gasteiger partial charge in [0.1, 0.15) is 6.54 Å². The van der Waals surface area contributed by atoms with Crippen molar-refractivity contribution in [1.82, 2.24) is 10.6 Å². The van der Waals surface area contributed by atoms with E-state index in [-0.39, 0.29) is 0 Å². The first-order chi connectivity index (χ1) is 8.22. The number of carbonyl (C=O) groups is 1. The highest BCUT2D eigenvalue weighted by molar-refractivity contribution is 5.81. The SMILES string of the molecule is CC(C)COCCNC(C)C(=O)NCC(F)(F)F. The predicted octanol–water partition coefficient (Wildman–Crippen LogP) is 1.32. The molecule has 1 unspecified atom stereocenters. The van der Waals surface area contributed by atoms with E-state index in [1.807, 2.05) is 19.2 Å². The van der Waals surface area contributed by atoms with Gasteiger partial charge < -0.3 is 15.4 Å². The Morgan fingerprint density at radius 1 is 1.28 bits per heavy atom. The smallest absolute Gasteiger partial charge is 0.380 e. The summed E-state index contributed by atoms with van der Waals surface area (Å²) in [6.45, 7) is 5.70. The Balaban J connectivity index is 3.62. The quantitative estimate of drug-likeness (QED) is 0.654. The third kappa shape index (κ3) is 10.3. The summed E-state index contributed by atoms with van der Waals surface area (Å²) in [4.78, 5) is 11.2. The molecule has 0 aromatic rings. The van der Waals surface area contributed by atoms with Gasteiger partial charge in [-0.3, -0.25) is 4.79 Å². The van der Waals surface area contributed by atoms with Crippen LogP contribution in [0.15, 0.2) is 0 Å². The number of alkyl halides is 3. The van der Waals surface area contributed by atoms with Crippen molar-refractivity contribution in [2.75, 3.05) is 26.3 Å². The summed E-state index contributed by atoms with van der Waals surface area (Å²) in [6, 6.07) is -0.671. The molecule has 0 aromatic heterocycles. The number of halogens is 3. The maximum absolute atomic E-state index is 11.9. The van der Waals surface area contributed by atoms with Crippen LogP contribution in [-0.2, 0) is 9.53 Å². The molecule has 18 heavy (non-hydrogen) atoms. The highest BCUT2D eigenvalue weighted by Gasteiger charge is 2.28. The average molecular weight is 270 g/mol. The third-order valence-corrected chi connectivity index (χ3v) is 2.00. The van der Waals surface area contributed by atoms with Gasteiger partial charge in [0.2, 0.25) is 5.91 Å². The highest BCUT2D eigenvalue weighted by Crippen LogP contribution is 2.12. The molecule has 108 valence electrons. The van der Waals surface area contributed by atoms with E-state index in [2.05, 4.69) is 5.32 Å². The van der Waals surface area contributed by atoms with Crippen LogP contribution in [0.3, 0.4) is 0 Å². The molecular formula is C11H21F3N2O2. The van der Waals surface area contributed by atoms with E-state index in [0.29, 0.717) is 25.7 Å². The Bertz CT molecular complexity index is 245. The fraction of sp³-hybridized carbons (Fsp3) is 0.909. The van der Waals surface area contributed by atoms with Gasteiger partial charge in [0.15, 0.2) is 0 Å². The standard InChI is InChI=1S/C11H21F3N2O2/c1-8(2)6-18-5-4-15-9(3)10(17)16-7-11(12,13)14/h8-9,15H,4-7H2,1-3H3,(H,16,17). The first-order valence-corrected chi connectivity index (χ1v) is 5.88. The van der Waals surface area contributed by atoms with Crippen molar-refractivity contribution in [3.8, 4) is 0 Å². The largest absolute Gasteiger partial charge is 0.405 e. The first-order valence-electron chi connectivity index (χ1n) is 5.88. The van der Waals surface area contributed by atoms with Crippen molar-refractivity contribution in [1.29, 1.82) is 0 Å². The molecule has 0 spiro atoms. The molecule has 0 saturated heterocycles. The summed E-state index contributed by atoms with van der Waals surface area (Å²) in [6.07, 6.45) is -4.38. The monoisotopic (exact) mass is 270 g/mol. The van der Waals surface area contributed by atoms with E-state index in [1.54, 1.807) is 0 Å². The lowest BCUT2D eigenvalue weighted by molar-refractivity contribution is -0.139. The lowest BCUT2D eigenvalue weighted by Gasteiger charge is -2.15. The minimum atomic E-state index is -4.38. The summed E-state index contributed by atoms with van der Waals surface area (Å²) in [5.74, 6) is -0.242. The molecule has 0 saturated carbocycles. The zero-order chi connectivity index (χ0) is 14.2. The molecule has 1 amide bonds. The molecule has 0 bridgehead atoms. The Kier molecular flexibility index (Phi) is 7.93. The van der Waals surface area contributed by atoms with E-state index < -0.39 is 24.7 Å². The van der Waals surface area contributed by atoms with Gasteiger partial charge in [0, 0.05) is 13.2 Å². The molecule has 0 fully saturated rings. The Morgan fingerprint density at radius 2 is 1.89 bits per heavy atom. The van der Waals surface area contributed by atoms with Gasteiger partial charge in [-0.05, 0) is 12.8 Å². The third-order valence-electron chi connectivity index (χ3n) is 2.00. The van der Waals surface area contributed by atoms with Crippen molar-refractivity contribution in [3.05, 3.63) is 0 Å². The molecule has 7 heteroatoms. The first kappa shape index (κ1) is 17.2. The summed E-state index contributed by atoms with van der Waals surface area (Å²) in [5.41, 5.74) is 0.